The normalized spacial score (nSPS) is 11.6. The van der Waals surface area contributed by atoms with Crippen molar-refractivity contribution in [2.45, 2.75) is 13.8 Å². The summed E-state index contributed by atoms with van der Waals surface area (Å²) < 4.78 is 4.86. The van der Waals surface area contributed by atoms with Crippen molar-refractivity contribution in [2.24, 2.45) is 22.4 Å². The molecule has 0 aliphatic heterocycles. The van der Waals surface area contributed by atoms with Gasteiger partial charge in [0.05, 0.1) is 16.4 Å². The molecule has 0 aliphatic rings. The molecule has 1 rings (SSSR count). The Balaban J connectivity index is 2.70. The summed E-state index contributed by atoms with van der Waals surface area (Å²) >= 11 is 1.08. The second-order valence-corrected chi connectivity index (χ2v) is 5.08. The van der Waals surface area contributed by atoms with Crippen LogP contribution in [0, 0.1) is 5.92 Å². The van der Waals surface area contributed by atoms with Gasteiger partial charge in [-0.25, -0.2) is 4.79 Å². The Labute approximate surface area is 109 Å². The number of amidine groups is 1. The van der Waals surface area contributed by atoms with Crippen molar-refractivity contribution in [3.63, 3.8) is 0 Å². The maximum atomic E-state index is 11.3. The van der Waals surface area contributed by atoms with E-state index in [0.717, 1.165) is 11.3 Å². The van der Waals surface area contributed by atoms with E-state index >= 15 is 0 Å². The number of carbonyl (C=O) groups excluding carboxylic acids is 2. The lowest BCUT2D eigenvalue weighted by atomic mass is 10.2. The number of ether oxygens (including phenoxy) is 1. The molecule has 1 heterocycles. The molecule has 1 aromatic rings. The molecule has 0 radical (unpaired) electrons. The van der Waals surface area contributed by atoms with Gasteiger partial charge in [0.1, 0.15) is 5.84 Å². The molecule has 0 aromatic carbocycles. The van der Waals surface area contributed by atoms with Crippen LogP contribution in [-0.2, 0) is 4.74 Å². The third kappa shape index (κ3) is 4.17. The predicted octanol–water partition coefficient (Wildman–Crippen LogP) is 1.34. The minimum Gasteiger partial charge on any atom is -0.448 e. The fourth-order valence-corrected chi connectivity index (χ4v) is 1.79. The van der Waals surface area contributed by atoms with Crippen molar-refractivity contribution >= 4 is 29.2 Å². The fraction of sp³-hybridized carbons (Fsp3) is 0.364. The van der Waals surface area contributed by atoms with Gasteiger partial charge in [0, 0.05) is 0 Å². The number of hydrogen-bond donors (Lipinski definition) is 2. The first-order valence-corrected chi connectivity index (χ1v) is 6.12. The number of nitrogens with zero attached hydrogens (tertiary/aromatic N) is 1. The molecule has 0 fully saturated rings. The van der Waals surface area contributed by atoms with Crippen molar-refractivity contribution in [1.29, 1.82) is 0 Å². The number of rotatable bonds is 4. The zero-order chi connectivity index (χ0) is 13.7. The zero-order valence-corrected chi connectivity index (χ0v) is 11.0. The first-order valence-electron chi connectivity index (χ1n) is 5.31. The summed E-state index contributed by atoms with van der Waals surface area (Å²) in [5.74, 6) is -0.295. The molecule has 0 bridgehead atoms. The third-order valence-corrected chi connectivity index (χ3v) is 2.98. The van der Waals surface area contributed by atoms with Crippen LogP contribution in [0.2, 0.25) is 0 Å². The maximum Gasteiger partial charge on any atom is 0.435 e. The van der Waals surface area contributed by atoms with E-state index in [1.807, 2.05) is 13.8 Å². The second-order valence-electron chi connectivity index (χ2n) is 4.00. The Morgan fingerprint density at radius 3 is 2.44 bits per heavy atom. The van der Waals surface area contributed by atoms with Crippen LogP contribution in [0.25, 0.3) is 0 Å². The van der Waals surface area contributed by atoms with Crippen molar-refractivity contribution in [2.75, 3.05) is 6.61 Å². The van der Waals surface area contributed by atoms with Crippen molar-refractivity contribution in [3.05, 3.63) is 21.9 Å². The highest BCUT2D eigenvalue weighted by atomic mass is 32.1. The molecule has 18 heavy (non-hydrogen) atoms. The molecule has 0 saturated carbocycles. The molecule has 0 unspecified atom stereocenters. The summed E-state index contributed by atoms with van der Waals surface area (Å²) in [6, 6.07) is 3.11. The Bertz CT molecular complexity index is 480. The number of aliphatic imine (C=N–C) groups is 1. The van der Waals surface area contributed by atoms with Gasteiger partial charge in [-0.1, -0.05) is 13.8 Å². The van der Waals surface area contributed by atoms with E-state index in [9.17, 15) is 9.59 Å². The third-order valence-electron chi connectivity index (χ3n) is 1.85. The van der Waals surface area contributed by atoms with Gasteiger partial charge in [0.25, 0.3) is 5.91 Å². The Morgan fingerprint density at radius 2 is 1.94 bits per heavy atom. The predicted molar refractivity (Wildman–Crippen MR) is 69.7 cm³/mol. The quantitative estimate of drug-likeness (QED) is 0.635. The number of hydrogen-bond acceptors (Lipinski definition) is 4. The summed E-state index contributed by atoms with van der Waals surface area (Å²) in [7, 11) is 0. The first kappa shape index (κ1) is 14.2. The van der Waals surface area contributed by atoms with E-state index in [2.05, 4.69) is 4.99 Å². The van der Waals surface area contributed by atoms with Gasteiger partial charge in [0.15, 0.2) is 0 Å². The van der Waals surface area contributed by atoms with Crippen LogP contribution in [0.5, 0.6) is 0 Å². The van der Waals surface area contributed by atoms with Gasteiger partial charge in [-0.15, -0.1) is 11.3 Å². The summed E-state index contributed by atoms with van der Waals surface area (Å²) in [5, 5.41) is 0. The summed E-state index contributed by atoms with van der Waals surface area (Å²) in [6.45, 7) is 4.12. The monoisotopic (exact) mass is 269 g/mol. The topological polar surface area (TPSA) is 108 Å². The van der Waals surface area contributed by atoms with Gasteiger partial charge >= 0.3 is 6.09 Å². The SMILES string of the molecule is CC(C)COC(=O)N=C(N)c1ccc(C(N)=O)s1. The van der Waals surface area contributed by atoms with Crippen molar-refractivity contribution < 1.29 is 14.3 Å². The minimum absolute atomic E-state index is 0.0151. The smallest absolute Gasteiger partial charge is 0.435 e. The molecule has 0 aliphatic carbocycles. The molecule has 0 spiro atoms. The van der Waals surface area contributed by atoms with E-state index in [1.165, 1.54) is 6.07 Å². The van der Waals surface area contributed by atoms with Crippen LogP contribution in [0.4, 0.5) is 4.79 Å². The number of thiophene rings is 1. The van der Waals surface area contributed by atoms with E-state index in [-0.39, 0.29) is 18.4 Å². The van der Waals surface area contributed by atoms with Gasteiger partial charge < -0.3 is 16.2 Å². The Hall–Kier alpha value is -1.89. The van der Waals surface area contributed by atoms with Gasteiger partial charge in [-0.2, -0.15) is 4.99 Å². The van der Waals surface area contributed by atoms with Gasteiger partial charge in [-0.05, 0) is 18.1 Å². The molecule has 7 heteroatoms. The Kier molecular flexibility index (Phi) is 4.85. The number of carbonyl (C=O) groups is 2. The van der Waals surface area contributed by atoms with E-state index < -0.39 is 12.0 Å². The summed E-state index contributed by atoms with van der Waals surface area (Å²) in [5.41, 5.74) is 10.7. The molecule has 2 amide bonds. The van der Waals surface area contributed by atoms with Crippen LogP contribution in [0.15, 0.2) is 17.1 Å². The highest BCUT2D eigenvalue weighted by Gasteiger charge is 2.10. The van der Waals surface area contributed by atoms with E-state index in [1.54, 1.807) is 6.07 Å². The zero-order valence-electron chi connectivity index (χ0n) is 10.2. The molecular weight excluding hydrogens is 254 g/mol. The van der Waals surface area contributed by atoms with Crippen LogP contribution in [0.1, 0.15) is 28.4 Å². The lowest BCUT2D eigenvalue weighted by Gasteiger charge is -2.03. The number of amides is 2. The first-order chi connectivity index (χ1) is 8.40. The van der Waals surface area contributed by atoms with E-state index in [4.69, 9.17) is 16.2 Å². The van der Waals surface area contributed by atoms with Gasteiger partial charge in [0.2, 0.25) is 0 Å². The molecule has 98 valence electrons. The van der Waals surface area contributed by atoms with Crippen LogP contribution in [-0.4, -0.2) is 24.4 Å². The average Bonchev–Trinajstić information content (AvgIpc) is 2.75. The highest BCUT2D eigenvalue weighted by molar-refractivity contribution is 7.16. The molecule has 0 atom stereocenters. The summed E-state index contributed by atoms with van der Waals surface area (Å²) in [6.07, 6.45) is -0.741. The highest BCUT2D eigenvalue weighted by Crippen LogP contribution is 2.15. The van der Waals surface area contributed by atoms with E-state index in [0.29, 0.717) is 9.75 Å². The molecule has 0 saturated heterocycles. The largest absolute Gasteiger partial charge is 0.448 e. The van der Waals surface area contributed by atoms with Gasteiger partial charge in [-0.3, -0.25) is 4.79 Å². The standard InChI is InChI=1S/C11H15N3O3S/c1-6(2)5-17-11(16)14-9(12)7-3-4-8(18-7)10(13)15/h3-4,6H,5H2,1-2H3,(H2,13,15)(H2,12,14,16). The second kappa shape index (κ2) is 6.15. The average molecular weight is 269 g/mol. The molecule has 1 aromatic heterocycles. The molecule has 4 N–H and O–H groups in total. The number of primary amides is 1. The lowest BCUT2D eigenvalue weighted by Crippen LogP contribution is -2.16. The van der Waals surface area contributed by atoms with Crippen molar-refractivity contribution in [3.8, 4) is 0 Å². The fourth-order valence-electron chi connectivity index (χ4n) is 1.03. The molecule has 6 nitrogen and oxygen atoms in total. The van der Waals surface area contributed by atoms with Crippen LogP contribution >= 0.6 is 11.3 Å². The van der Waals surface area contributed by atoms with Crippen LogP contribution in [0.3, 0.4) is 0 Å². The Morgan fingerprint density at radius 1 is 1.33 bits per heavy atom. The summed E-state index contributed by atoms with van der Waals surface area (Å²) in [4.78, 5) is 26.6. The number of nitrogens with two attached hydrogens (primary N) is 2. The molecular formula is C11H15N3O3S. The lowest BCUT2D eigenvalue weighted by molar-refractivity contribution is 0.100. The maximum absolute atomic E-state index is 11.3. The van der Waals surface area contributed by atoms with Crippen LogP contribution < -0.4 is 11.5 Å². The van der Waals surface area contributed by atoms with Crippen molar-refractivity contribution in [1.82, 2.24) is 0 Å². The minimum atomic E-state index is -0.741.